The molecule has 0 radical (unpaired) electrons. The summed E-state index contributed by atoms with van der Waals surface area (Å²) in [5, 5.41) is 0. The van der Waals surface area contributed by atoms with Crippen molar-refractivity contribution in [2.75, 3.05) is 0 Å². The minimum atomic E-state index is -0.149. The molecule has 1 aromatic heterocycles. The topological polar surface area (TPSA) is 38.7 Å². The first-order valence-corrected chi connectivity index (χ1v) is 23.5. The number of nitrogens with zero attached hydrogens (tertiary/aromatic N) is 3. The molecule has 318 valence electrons. The van der Waals surface area contributed by atoms with E-state index in [1.165, 1.54) is 94.6 Å². The summed E-state index contributed by atoms with van der Waals surface area (Å²) in [6, 6.07) is 73.0. The molecule has 0 atom stereocenters. The second kappa shape index (κ2) is 14.8. The summed E-state index contributed by atoms with van der Waals surface area (Å²) in [7, 11) is 0. The van der Waals surface area contributed by atoms with Crippen molar-refractivity contribution in [3.05, 3.63) is 234 Å². The van der Waals surface area contributed by atoms with Gasteiger partial charge in [-0.25, -0.2) is 15.0 Å². The number of benzene rings is 9. The zero-order valence-corrected chi connectivity index (χ0v) is 38.1. The van der Waals surface area contributed by atoms with Crippen LogP contribution in [0.2, 0.25) is 0 Å². The maximum atomic E-state index is 5.25. The fourth-order valence-electron chi connectivity index (χ4n) is 11.5. The van der Waals surface area contributed by atoms with Gasteiger partial charge in [0.1, 0.15) is 0 Å². The van der Waals surface area contributed by atoms with Crippen LogP contribution in [0.3, 0.4) is 0 Å². The number of rotatable bonds is 6. The molecule has 3 aliphatic carbocycles. The molecule has 0 saturated carbocycles. The highest BCUT2D eigenvalue weighted by atomic mass is 15.0. The van der Waals surface area contributed by atoms with Crippen LogP contribution in [0.4, 0.5) is 0 Å². The lowest BCUT2D eigenvalue weighted by molar-refractivity contribution is 0.660. The van der Waals surface area contributed by atoms with Gasteiger partial charge >= 0.3 is 0 Å². The van der Waals surface area contributed by atoms with Crippen LogP contribution in [0.25, 0.3) is 101 Å². The predicted molar refractivity (Wildman–Crippen MR) is 276 cm³/mol. The van der Waals surface area contributed by atoms with Crippen LogP contribution in [-0.4, -0.2) is 15.0 Å². The maximum Gasteiger partial charge on any atom is 0.164 e. The van der Waals surface area contributed by atoms with E-state index in [-0.39, 0.29) is 10.8 Å². The highest BCUT2D eigenvalue weighted by molar-refractivity contribution is 5.90. The van der Waals surface area contributed by atoms with Crippen molar-refractivity contribution in [2.24, 2.45) is 0 Å². The van der Waals surface area contributed by atoms with Crippen LogP contribution in [0.5, 0.6) is 0 Å². The molecule has 0 bridgehead atoms. The normalized spacial score (nSPS) is 14.1. The molecule has 67 heavy (non-hydrogen) atoms. The molecule has 0 amide bonds. The van der Waals surface area contributed by atoms with E-state index >= 15 is 0 Å². The molecular formula is C64H47N3. The Kier molecular flexibility index (Phi) is 8.67. The highest BCUT2D eigenvalue weighted by Gasteiger charge is 2.37. The van der Waals surface area contributed by atoms with Crippen molar-refractivity contribution in [1.29, 1.82) is 0 Å². The van der Waals surface area contributed by atoms with Crippen LogP contribution in [-0.2, 0) is 17.3 Å². The van der Waals surface area contributed by atoms with Crippen LogP contribution in [0, 0.1) is 0 Å². The number of fused-ring (bicyclic) bond motifs is 9. The van der Waals surface area contributed by atoms with Crippen LogP contribution in [0.15, 0.2) is 200 Å². The lowest BCUT2D eigenvalue weighted by Gasteiger charge is -2.22. The third kappa shape index (κ3) is 6.15. The molecule has 3 nitrogen and oxygen atoms in total. The number of hydrogen-bond donors (Lipinski definition) is 0. The van der Waals surface area contributed by atoms with E-state index in [1.54, 1.807) is 0 Å². The average molecular weight is 858 g/mol. The van der Waals surface area contributed by atoms with Gasteiger partial charge in [0.2, 0.25) is 0 Å². The largest absolute Gasteiger partial charge is 0.208 e. The van der Waals surface area contributed by atoms with Crippen LogP contribution >= 0.6 is 0 Å². The number of aromatic nitrogens is 3. The van der Waals surface area contributed by atoms with E-state index in [9.17, 15) is 0 Å². The van der Waals surface area contributed by atoms with Gasteiger partial charge in [-0.05, 0) is 119 Å². The van der Waals surface area contributed by atoms with E-state index in [0.717, 1.165) is 28.7 Å². The first-order valence-electron chi connectivity index (χ1n) is 23.5. The van der Waals surface area contributed by atoms with E-state index in [4.69, 9.17) is 15.0 Å². The van der Waals surface area contributed by atoms with Gasteiger partial charge in [0.15, 0.2) is 17.5 Å². The summed E-state index contributed by atoms with van der Waals surface area (Å²) in [6.45, 7) is 9.31. The molecule has 13 rings (SSSR count). The van der Waals surface area contributed by atoms with Crippen molar-refractivity contribution in [2.45, 2.75) is 44.9 Å². The second-order valence-electron chi connectivity index (χ2n) is 19.5. The minimum absolute atomic E-state index is 0.0626. The third-order valence-electron chi connectivity index (χ3n) is 15.1. The Balaban J connectivity index is 0.878. The molecule has 0 unspecified atom stereocenters. The average Bonchev–Trinajstić information content (AvgIpc) is 3.96. The quantitative estimate of drug-likeness (QED) is 0.167. The Morgan fingerprint density at radius 3 is 1.16 bits per heavy atom. The van der Waals surface area contributed by atoms with Gasteiger partial charge in [-0.3, -0.25) is 0 Å². The fourth-order valence-corrected chi connectivity index (χ4v) is 11.5. The maximum absolute atomic E-state index is 5.25. The van der Waals surface area contributed by atoms with Crippen molar-refractivity contribution >= 4 is 0 Å². The standard InChI is InChI=1S/C64H47N3/c1-63(2)56-22-10-8-16-50(56)52-34-32-44(36-58(52)63)39-24-28-42(29-25-39)60-65-61(67-62(66-60)45-33-35-53-51-17-9-11-23-57(51)64(3,4)59(53)37-45)43-30-26-41(27-31-43)47-19-13-21-49-48-20-12-18-46(54(48)38-55(47)49)40-14-6-5-7-15-40/h5-37H,38H2,1-4H3. The van der Waals surface area contributed by atoms with Gasteiger partial charge in [0.05, 0.1) is 0 Å². The first-order chi connectivity index (χ1) is 32.7. The molecule has 0 aliphatic heterocycles. The molecule has 3 aliphatic rings. The Morgan fingerprint density at radius 2 is 0.627 bits per heavy atom. The summed E-state index contributed by atoms with van der Waals surface area (Å²) in [4.78, 5) is 15.7. The monoisotopic (exact) mass is 857 g/mol. The molecule has 0 N–H and O–H groups in total. The van der Waals surface area contributed by atoms with E-state index in [2.05, 4.69) is 228 Å². The van der Waals surface area contributed by atoms with Gasteiger partial charge in [-0.1, -0.05) is 216 Å². The molecule has 10 aromatic rings. The molecule has 3 heteroatoms. The Hall–Kier alpha value is -8.01. The van der Waals surface area contributed by atoms with Gasteiger partial charge in [-0.15, -0.1) is 0 Å². The van der Waals surface area contributed by atoms with Crippen molar-refractivity contribution in [1.82, 2.24) is 15.0 Å². The SMILES string of the molecule is CC1(C)c2ccccc2-c2ccc(-c3ccc(-c4nc(-c5ccc(-c6cccc7c6Cc6c(-c8ccccc8)cccc6-7)cc5)nc(-c5ccc6c(c5)C(C)(C)c5ccccc5-6)n4)cc3)cc21. The summed E-state index contributed by atoms with van der Waals surface area (Å²) < 4.78 is 0. The lowest BCUT2D eigenvalue weighted by atomic mass is 9.81. The smallest absolute Gasteiger partial charge is 0.164 e. The minimum Gasteiger partial charge on any atom is -0.208 e. The van der Waals surface area contributed by atoms with Gasteiger partial charge < -0.3 is 0 Å². The zero-order valence-electron chi connectivity index (χ0n) is 38.1. The molecular weight excluding hydrogens is 811 g/mol. The second-order valence-corrected chi connectivity index (χ2v) is 19.5. The molecule has 0 spiro atoms. The van der Waals surface area contributed by atoms with Gasteiger partial charge in [0, 0.05) is 27.5 Å². The van der Waals surface area contributed by atoms with Crippen molar-refractivity contribution in [3.8, 4) is 101 Å². The first kappa shape index (κ1) is 39.4. The van der Waals surface area contributed by atoms with Crippen LogP contribution in [0.1, 0.15) is 61.1 Å². The summed E-state index contributed by atoms with van der Waals surface area (Å²) in [5.74, 6) is 1.96. The summed E-state index contributed by atoms with van der Waals surface area (Å²) in [6.07, 6.45) is 0.897. The number of hydrogen-bond acceptors (Lipinski definition) is 3. The predicted octanol–water partition coefficient (Wildman–Crippen LogP) is 16.1. The van der Waals surface area contributed by atoms with E-state index in [1.807, 2.05) is 0 Å². The Bertz CT molecular complexity index is 3630. The summed E-state index contributed by atoms with van der Waals surface area (Å²) in [5.41, 5.74) is 26.1. The highest BCUT2D eigenvalue weighted by Crippen LogP contribution is 2.51. The fraction of sp³-hybridized carbons (Fsp3) is 0.109. The van der Waals surface area contributed by atoms with E-state index < -0.39 is 0 Å². The molecule has 0 saturated heterocycles. The Labute approximate surface area is 392 Å². The molecule has 9 aromatic carbocycles. The van der Waals surface area contributed by atoms with Crippen molar-refractivity contribution < 1.29 is 0 Å². The van der Waals surface area contributed by atoms with Gasteiger partial charge in [-0.2, -0.15) is 0 Å². The van der Waals surface area contributed by atoms with Gasteiger partial charge in [0.25, 0.3) is 0 Å². The Morgan fingerprint density at radius 1 is 0.269 bits per heavy atom. The van der Waals surface area contributed by atoms with Crippen LogP contribution < -0.4 is 0 Å². The molecule has 1 heterocycles. The third-order valence-corrected chi connectivity index (χ3v) is 15.1. The summed E-state index contributed by atoms with van der Waals surface area (Å²) >= 11 is 0. The lowest BCUT2D eigenvalue weighted by Crippen LogP contribution is -2.15. The van der Waals surface area contributed by atoms with E-state index in [0.29, 0.717) is 17.5 Å². The zero-order chi connectivity index (χ0) is 45.0. The molecule has 0 fully saturated rings. The van der Waals surface area contributed by atoms with Crippen molar-refractivity contribution in [3.63, 3.8) is 0 Å².